The van der Waals surface area contributed by atoms with E-state index < -0.39 is 0 Å². The second-order valence-electron chi connectivity index (χ2n) is 6.23. The molecule has 25 heavy (non-hydrogen) atoms. The van der Waals surface area contributed by atoms with Gasteiger partial charge >= 0.3 is 0 Å². The molecule has 0 aromatic heterocycles. The zero-order chi connectivity index (χ0) is 16.8. The van der Waals surface area contributed by atoms with Gasteiger partial charge in [0.1, 0.15) is 6.61 Å². The number of methoxy groups -OCH3 is 1. The fourth-order valence-corrected chi connectivity index (χ4v) is 3.29. The van der Waals surface area contributed by atoms with Gasteiger partial charge in [-0.3, -0.25) is 0 Å². The molecular formula is C20H25Cl2NO2. The van der Waals surface area contributed by atoms with Crippen LogP contribution < -0.4 is 14.8 Å². The molecule has 1 fully saturated rings. The van der Waals surface area contributed by atoms with Gasteiger partial charge in [-0.25, -0.2) is 0 Å². The maximum absolute atomic E-state index is 6.17. The van der Waals surface area contributed by atoms with Crippen molar-refractivity contribution >= 4 is 24.0 Å². The largest absolute Gasteiger partial charge is 0.493 e. The minimum Gasteiger partial charge on any atom is -0.493 e. The summed E-state index contributed by atoms with van der Waals surface area (Å²) in [6.07, 6.45) is 5.26. The zero-order valence-corrected chi connectivity index (χ0v) is 16.0. The molecule has 3 nitrogen and oxygen atoms in total. The SMILES string of the molecule is COc1cc(CNC2CCCC2)ccc1OCc1ccccc1Cl.Cl. The lowest BCUT2D eigenvalue weighted by atomic mass is 10.1. The Bertz CT molecular complexity index is 672. The molecule has 3 rings (SSSR count). The Morgan fingerprint density at radius 2 is 1.84 bits per heavy atom. The highest BCUT2D eigenvalue weighted by atomic mass is 35.5. The molecule has 1 saturated carbocycles. The van der Waals surface area contributed by atoms with Crippen molar-refractivity contribution in [2.24, 2.45) is 0 Å². The predicted molar refractivity (Wildman–Crippen MR) is 105 cm³/mol. The Balaban J connectivity index is 0.00000225. The summed E-state index contributed by atoms with van der Waals surface area (Å²) in [5.74, 6) is 1.50. The van der Waals surface area contributed by atoms with Crippen LogP contribution in [0.15, 0.2) is 42.5 Å². The van der Waals surface area contributed by atoms with Gasteiger partial charge in [0.15, 0.2) is 11.5 Å². The quantitative estimate of drug-likeness (QED) is 0.697. The van der Waals surface area contributed by atoms with E-state index in [2.05, 4.69) is 11.4 Å². The van der Waals surface area contributed by atoms with Gasteiger partial charge in [0.05, 0.1) is 7.11 Å². The molecule has 0 unspecified atom stereocenters. The Morgan fingerprint density at radius 1 is 1.08 bits per heavy atom. The van der Waals surface area contributed by atoms with Crippen LogP contribution in [0.3, 0.4) is 0 Å². The summed E-state index contributed by atoms with van der Waals surface area (Å²) in [5, 5.41) is 4.34. The first-order valence-electron chi connectivity index (χ1n) is 8.53. The smallest absolute Gasteiger partial charge is 0.161 e. The fourth-order valence-electron chi connectivity index (χ4n) is 3.10. The minimum atomic E-state index is 0. The van der Waals surface area contributed by atoms with Crippen molar-refractivity contribution in [2.45, 2.75) is 44.9 Å². The van der Waals surface area contributed by atoms with Crippen LogP contribution in [0.2, 0.25) is 5.02 Å². The van der Waals surface area contributed by atoms with Gasteiger partial charge in [0, 0.05) is 23.2 Å². The van der Waals surface area contributed by atoms with E-state index in [1.807, 2.05) is 36.4 Å². The first-order valence-corrected chi connectivity index (χ1v) is 8.90. The normalized spacial score (nSPS) is 14.2. The van der Waals surface area contributed by atoms with Gasteiger partial charge < -0.3 is 14.8 Å². The maximum Gasteiger partial charge on any atom is 0.161 e. The lowest BCUT2D eigenvalue weighted by Gasteiger charge is -2.15. The first kappa shape index (κ1) is 19.9. The molecule has 0 saturated heterocycles. The van der Waals surface area contributed by atoms with Crippen LogP contribution in [0, 0.1) is 0 Å². The third-order valence-electron chi connectivity index (χ3n) is 4.52. The van der Waals surface area contributed by atoms with Gasteiger partial charge in [0.2, 0.25) is 0 Å². The highest BCUT2D eigenvalue weighted by Crippen LogP contribution is 2.30. The van der Waals surface area contributed by atoms with Crippen LogP contribution in [0.25, 0.3) is 0 Å². The van der Waals surface area contributed by atoms with Crippen LogP contribution in [0.4, 0.5) is 0 Å². The van der Waals surface area contributed by atoms with E-state index in [1.54, 1.807) is 7.11 Å². The third-order valence-corrected chi connectivity index (χ3v) is 4.89. The monoisotopic (exact) mass is 381 g/mol. The summed E-state index contributed by atoms with van der Waals surface area (Å²) >= 11 is 6.17. The number of nitrogens with one attached hydrogen (secondary N) is 1. The van der Waals surface area contributed by atoms with Crippen molar-refractivity contribution < 1.29 is 9.47 Å². The number of halogens is 2. The molecule has 1 N–H and O–H groups in total. The zero-order valence-electron chi connectivity index (χ0n) is 14.5. The van der Waals surface area contributed by atoms with E-state index in [0.717, 1.165) is 23.6 Å². The first-order chi connectivity index (χ1) is 11.8. The lowest BCUT2D eigenvalue weighted by molar-refractivity contribution is 0.284. The topological polar surface area (TPSA) is 30.5 Å². The number of hydrogen-bond donors (Lipinski definition) is 1. The van der Waals surface area contributed by atoms with Crippen LogP contribution in [-0.4, -0.2) is 13.2 Å². The van der Waals surface area contributed by atoms with Crippen molar-refractivity contribution in [1.82, 2.24) is 5.32 Å². The molecule has 2 aromatic rings. The van der Waals surface area contributed by atoms with E-state index in [1.165, 1.54) is 31.2 Å². The molecule has 0 bridgehead atoms. The van der Waals surface area contributed by atoms with Gasteiger partial charge in [-0.1, -0.05) is 48.7 Å². The molecule has 2 aromatic carbocycles. The molecule has 0 heterocycles. The summed E-state index contributed by atoms with van der Waals surface area (Å²) in [6, 6.07) is 14.5. The molecule has 0 amide bonds. The Morgan fingerprint density at radius 3 is 2.56 bits per heavy atom. The molecule has 5 heteroatoms. The molecule has 0 radical (unpaired) electrons. The highest BCUT2D eigenvalue weighted by Gasteiger charge is 2.14. The van der Waals surface area contributed by atoms with E-state index in [9.17, 15) is 0 Å². The van der Waals surface area contributed by atoms with Crippen LogP contribution in [0.1, 0.15) is 36.8 Å². The van der Waals surface area contributed by atoms with E-state index >= 15 is 0 Å². The van der Waals surface area contributed by atoms with Gasteiger partial charge in [-0.15, -0.1) is 12.4 Å². The molecule has 1 aliphatic rings. The number of ether oxygens (including phenoxy) is 2. The van der Waals surface area contributed by atoms with Gasteiger partial charge in [-0.05, 0) is 36.6 Å². The van der Waals surface area contributed by atoms with Crippen molar-refractivity contribution in [3.05, 3.63) is 58.6 Å². The highest BCUT2D eigenvalue weighted by molar-refractivity contribution is 6.31. The van der Waals surface area contributed by atoms with Crippen LogP contribution >= 0.6 is 24.0 Å². The Kier molecular flexibility index (Phi) is 7.89. The second-order valence-corrected chi connectivity index (χ2v) is 6.63. The Hall–Kier alpha value is -1.42. The minimum absolute atomic E-state index is 0. The summed E-state index contributed by atoms with van der Waals surface area (Å²) < 4.78 is 11.4. The third kappa shape index (κ3) is 5.53. The van der Waals surface area contributed by atoms with E-state index in [-0.39, 0.29) is 12.4 Å². The molecular weight excluding hydrogens is 357 g/mol. The number of hydrogen-bond acceptors (Lipinski definition) is 3. The van der Waals surface area contributed by atoms with Gasteiger partial charge in [-0.2, -0.15) is 0 Å². The van der Waals surface area contributed by atoms with E-state index in [4.69, 9.17) is 21.1 Å². The molecule has 0 aliphatic heterocycles. The lowest BCUT2D eigenvalue weighted by Crippen LogP contribution is -2.25. The van der Waals surface area contributed by atoms with Crippen molar-refractivity contribution in [3.8, 4) is 11.5 Å². The number of rotatable bonds is 7. The van der Waals surface area contributed by atoms with Crippen LogP contribution in [0.5, 0.6) is 11.5 Å². The molecule has 1 aliphatic carbocycles. The summed E-state index contributed by atoms with van der Waals surface area (Å²) in [7, 11) is 1.67. The fraction of sp³-hybridized carbons (Fsp3) is 0.400. The van der Waals surface area contributed by atoms with Crippen molar-refractivity contribution in [2.75, 3.05) is 7.11 Å². The molecule has 0 spiro atoms. The summed E-state index contributed by atoms with van der Waals surface area (Å²) in [4.78, 5) is 0. The number of benzene rings is 2. The van der Waals surface area contributed by atoms with E-state index in [0.29, 0.717) is 17.7 Å². The molecule has 0 atom stereocenters. The summed E-state index contributed by atoms with van der Waals surface area (Å²) in [6.45, 7) is 1.29. The summed E-state index contributed by atoms with van der Waals surface area (Å²) in [5.41, 5.74) is 2.18. The van der Waals surface area contributed by atoms with Crippen molar-refractivity contribution in [3.63, 3.8) is 0 Å². The average molecular weight is 382 g/mol. The van der Waals surface area contributed by atoms with Crippen LogP contribution in [-0.2, 0) is 13.2 Å². The predicted octanol–water partition coefficient (Wildman–Crippen LogP) is 5.38. The molecule has 136 valence electrons. The van der Waals surface area contributed by atoms with Gasteiger partial charge in [0.25, 0.3) is 0 Å². The van der Waals surface area contributed by atoms with Crippen molar-refractivity contribution in [1.29, 1.82) is 0 Å². The maximum atomic E-state index is 6.17. The second kappa shape index (κ2) is 9.91. The standard InChI is InChI=1S/C20H24ClNO2.ClH/c1-23-20-12-15(13-22-17-7-3-4-8-17)10-11-19(20)24-14-16-6-2-5-9-18(16)21;/h2,5-6,9-12,17,22H,3-4,7-8,13-14H2,1H3;1H. The average Bonchev–Trinajstić information content (AvgIpc) is 3.13. The Labute approximate surface area is 161 Å².